The van der Waals surface area contributed by atoms with E-state index in [9.17, 15) is 9.59 Å². The second-order valence-electron chi connectivity index (χ2n) is 6.82. The van der Waals surface area contributed by atoms with Gasteiger partial charge in [0.1, 0.15) is 5.75 Å². The molecule has 1 aromatic carbocycles. The number of hydrogen-bond acceptors (Lipinski definition) is 4. The van der Waals surface area contributed by atoms with Gasteiger partial charge in [-0.05, 0) is 49.4 Å². The van der Waals surface area contributed by atoms with Gasteiger partial charge in [-0.3, -0.25) is 14.6 Å². The molecule has 0 radical (unpaired) electrons. The minimum absolute atomic E-state index is 0.00582. The summed E-state index contributed by atoms with van der Waals surface area (Å²) >= 11 is 0. The molecule has 0 aliphatic heterocycles. The third-order valence-corrected chi connectivity index (χ3v) is 5.02. The highest BCUT2D eigenvalue weighted by molar-refractivity contribution is 5.94. The number of hydrogen-bond donors (Lipinski definition) is 2. The Morgan fingerprint density at radius 3 is 2.41 bits per heavy atom. The Morgan fingerprint density at radius 2 is 1.74 bits per heavy atom. The topological polar surface area (TPSA) is 80.3 Å². The number of rotatable bonds is 6. The van der Waals surface area contributed by atoms with Crippen molar-refractivity contribution in [3.63, 3.8) is 0 Å². The van der Waals surface area contributed by atoms with Crippen LogP contribution in [0.5, 0.6) is 5.75 Å². The summed E-state index contributed by atoms with van der Waals surface area (Å²) in [6.45, 7) is 0.487. The Morgan fingerprint density at radius 1 is 1.04 bits per heavy atom. The summed E-state index contributed by atoms with van der Waals surface area (Å²) in [5, 5.41) is 5.92. The molecular weight excluding hydrogens is 342 g/mol. The Labute approximate surface area is 159 Å². The molecule has 27 heavy (non-hydrogen) atoms. The van der Waals surface area contributed by atoms with E-state index < -0.39 is 0 Å². The van der Waals surface area contributed by atoms with Crippen molar-refractivity contribution >= 4 is 17.5 Å². The van der Waals surface area contributed by atoms with E-state index in [-0.39, 0.29) is 23.7 Å². The van der Waals surface area contributed by atoms with Gasteiger partial charge in [0, 0.05) is 30.8 Å². The Hall–Kier alpha value is -2.89. The van der Waals surface area contributed by atoms with E-state index in [2.05, 4.69) is 15.6 Å². The predicted octanol–water partition coefficient (Wildman–Crippen LogP) is 3.15. The molecule has 6 nitrogen and oxygen atoms in total. The molecule has 0 bridgehead atoms. The largest absolute Gasteiger partial charge is 0.495 e. The molecule has 1 aliphatic carbocycles. The average Bonchev–Trinajstić information content (AvgIpc) is 2.73. The van der Waals surface area contributed by atoms with Crippen LogP contribution in [-0.4, -0.2) is 23.9 Å². The summed E-state index contributed by atoms with van der Waals surface area (Å²) in [5.41, 5.74) is 1.66. The van der Waals surface area contributed by atoms with Gasteiger partial charge in [-0.1, -0.05) is 18.2 Å². The minimum Gasteiger partial charge on any atom is -0.495 e. The lowest BCUT2D eigenvalue weighted by Crippen LogP contribution is -2.35. The van der Waals surface area contributed by atoms with Crippen molar-refractivity contribution in [1.82, 2.24) is 10.3 Å². The van der Waals surface area contributed by atoms with Crippen molar-refractivity contribution in [2.45, 2.75) is 32.2 Å². The molecule has 0 atom stereocenters. The predicted molar refractivity (Wildman–Crippen MR) is 103 cm³/mol. The van der Waals surface area contributed by atoms with Gasteiger partial charge in [-0.25, -0.2) is 0 Å². The number of anilines is 1. The Kier molecular flexibility index (Phi) is 6.41. The molecule has 6 heteroatoms. The minimum atomic E-state index is -0.0720. The van der Waals surface area contributed by atoms with Gasteiger partial charge in [0.25, 0.3) is 0 Å². The summed E-state index contributed by atoms with van der Waals surface area (Å²) < 4.78 is 5.27. The highest BCUT2D eigenvalue weighted by Gasteiger charge is 2.30. The fourth-order valence-corrected chi connectivity index (χ4v) is 3.44. The number of para-hydroxylation sites is 2. The van der Waals surface area contributed by atoms with E-state index in [0.29, 0.717) is 30.8 Å². The zero-order valence-corrected chi connectivity index (χ0v) is 15.5. The van der Waals surface area contributed by atoms with Crippen molar-refractivity contribution in [1.29, 1.82) is 0 Å². The molecule has 0 spiro atoms. The summed E-state index contributed by atoms with van der Waals surface area (Å²) in [6, 6.07) is 11.2. The maximum absolute atomic E-state index is 12.5. The normalized spacial score (nSPS) is 19.1. The van der Waals surface area contributed by atoms with E-state index in [0.717, 1.165) is 18.4 Å². The highest BCUT2D eigenvalue weighted by Crippen LogP contribution is 2.31. The van der Waals surface area contributed by atoms with Gasteiger partial charge in [-0.15, -0.1) is 0 Å². The lowest BCUT2D eigenvalue weighted by atomic mass is 9.81. The molecule has 2 aromatic rings. The fraction of sp³-hybridized carbons (Fsp3) is 0.381. The number of pyridine rings is 1. The van der Waals surface area contributed by atoms with Crippen LogP contribution >= 0.6 is 0 Å². The van der Waals surface area contributed by atoms with Crippen molar-refractivity contribution in [2.24, 2.45) is 11.8 Å². The first-order chi connectivity index (χ1) is 13.2. The van der Waals surface area contributed by atoms with Crippen molar-refractivity contribution in [2.75, 3.05) is 12.4 Å². The Balaban J connectivity index is 1.46. The Bertz CT molecular complexity index is 771. The molecule has 0 unspecified atom stereocenters. The summed E-state index contributed by atoms with van der Waals surface area (Å²) in [6.07, 6.45) is 6.34. The molecule has 1 aliphatic rings. The maximum atomic E-state index is 12.5. The number of benzene rings is 1. The molecule has 0 saturated heterocycles. The zero-order chi connectivity index (χ0) is 19.1. The van der Waals surface area contributed by atoms with Gasteiger partial charge in [0.15, 0.2) is 0 Å². The first-order valence-corrected chi connectivity index (χ1v) is 9.28. The maximum Gasteiger partial charge on any atom is 0.227 e. The number of nitrogens with zero attached hydrogens (tertiary/aromatic N) is 1. The van der Waals surface area contributed by atoms with Crippen molar-refractivity contribution < 1.29 is 14.3 Å². The third-order valence-electron chi connectivity index (χ3n) is 5.02. The monoisotopic (exact) mass is 367 g/mol. The lowest BCUT2D eigenvalue weighted by Gasteiger charge is -2.27. The highest BCUT2D eigenvalue weighted by atomic mass is 16.5. The number of nitrogens with one attached hydrogen (secondary N) is 2. The number of ether oxygens (including phenoxy) is 1. The number of carbonyl (C=O) groups is 2. The van der Waals surface area contributed by atoms with Crippen LogP contribution in [0.4, 0.5) is 5.69 Å². The van der Waals surface area contributed by atoms with Gasteiger partial charge >= 0.3 is 0 Å². The van der Waals surface area contributed by atoms with E-state index in [4.69, 9.17) is 4.74 Å². The van der Waals surface area contributed by atoms with Gasteiger partial charge in [-0.2, -0.15) is 0 Å². The molecule has 1 heterocycles. The number of amides is 2. The van der Waals surface area contributed by atoms with Crippen LogP contribution in [0.3, 0.4) is 0 Å². The number of methoxy groups -OCH3 is 1. The van der Waals surface area contributed by atoms with Crippen LogP contribution < -0.4 is 15.4 Å². The first kappa shape index (κ1) is 18.9. The van der Waals surface area contributed by atoms with Crippen LogP contribution in [-0.2, 0) is 16.1 Å². The van der Waals surface area contributed by atoms with Crippen LogP contribution in [0.1, 0.15) is 31.2 Å². The second-order valence-corrected chi connectivity index (χ2v) is 6.82. The standard InChI is InChI=1S/C21H25N3O3/c1-27-19-7-3-2-6-18(19)24-21(26)17-10-8-16(9-11-17)20(25)23-14-15-5-4-12-22-13-15/h2-7,12-13,16-17H,8-11,14H2,1H3,(H,23,25)(H,24,26). The second kappa shape index (κ2) is 9.16. The van der Waals surface area contributed by atoms with Crippen LogP contribution in [0.15, 0.2) is 48.8 Å². The molecule has 1 saturated carbocycles. The molecule has 1 aromatic heterocycles. The molecule has 2 amide bonds. The number of aromatic nitrogens is 1. The third kappa shape index (κ3) is 5.06. The molecule has 1 fully saturated rings. The average molecular weight is 367 g/mol. The molecular formula is C21H25N3O3. The summed E-state index contributed by atoms with van der Waals surface area (Å²) in [7, 11) is 1.58. The molecule has 142 valence electrons. The van der Waals surface area contributed by atoms with Crippen molar-refractivity contribution in [3.8, 4) is 5.75 Å². The van der Waals surface area contributed by atoms with Crippen LogP contribution in [0.25, 0.3) is 0 Å². The van der Waals surface area contributed by atoms with Crippen molar-refractivity contribution in [3.05, 3.63) is 54.4 Å². The summed E-state index contributed by atoms with van der Waals surface area (Å²) in [5.74, 6) is 0.597. The SMILES string of the molecule is COc1ccccc1NC(=O)C1CCC(C(=O)NCc2cccnc2)CC1. The van der Waals surface area contributed by atoms with E-state index in [1.54, 1.807) is 19.5 Å². The molecule has 3 rings (SSSR count). The number of carbonyl (C=O) groups excluding carboxylic acids is 2. The van der Waals surface area contributed by atoms with Gasteiger partial charge < -0.3 is 15.4 Å². The quantitative estimate of drug-likeness (QED) is 0.822. The van der Waals surface area contributed by atoms with Gasteiger partial charge in [0.2, 0.25) is 11.8 Å². The van der Waals surface area contributed by atoms with Crippen LogP contribution in [0.2, 0.25) is 0 Å². The van der Waals surface area contributed by atoms with E-state index in [1.807, 2.05) is 36.4 Å². The zero-order valence-electron chi connectivity index (χ0n) is 15.5. The summed E-state index contributed by atoms with van der Waals surface area (Å²) in [4.78, 5) is 29.0. The smallest absolute Gasteiger partial charge is 0.227 e. The molecule has 2 N–H and O–H groups in total. The first-order valence-electron chi connectivity index (χ1n) is 9.28. The van der Waals surface area contributed by atoms with E-state index >= 15 is 0 Å². The van der Waals surface area contributed by atoms with E-state index in [1.165, 1.54) is 0 Å². The van der Waals surface area contributed by atoms with Gasteiger partial charge in [0.05, 0.1) is 12.8 Å². The lowest BCUT2D eigenvalue weighted by molar-refractivity contribution is -0.128. The van der Waals surface area contributed by atoms with Crippen LogP contribution in [0, 0.1) is 11.8 Å². The fourth-order valence-electron chi connectivity index (χ4n) is 3.44.